The minimum atomic E-state index is -2.83. The zero-order valence-electron chi connectivity index (χ0n) is 37.8. The first-order valence-electron chi connectivity index (χ1n) is 20.8. The van der Waals surface area contributed by atoms with Gasteiger partial charge in [0.15, 0.2) is 5.78 Å². The van der Waals surface area contributed by atoms with Gasteiger partial charge in [0.05, 0.1) is 9.87 Å². The molecule has 1 atom stereocenters. The van der Waals surface area contributed by atoms with Crippen LogP contribution >= 0.6 is 0 Å². The summed E-state index contributed by atoms with van der Waals surface area (Å²) < 4.78 is 49.8. The fraction of sp³-hybridized carbons (Fsp3) is 0.340. The van der Waals surface area contributed by atoms with Crippen LogP contribution in [0, 0.1) is 65.5 Å². The normalized spacial score (nSPS) is 12.7. The van der Waals surface area contributed by atoms with Crippen LogP contribution in [0.3, 0.4) is 0 Å². The number of allylic oxidation sites excluding steroid dienone is 2. The fourth-order valence-corrected chi connectivity index (χ4v) is 6.84. The quantitative estimate of drug-likeness (QED) is 0.0844. The molecule has 0 bridgehead atoms. The van der Waals surface area contributed by atoms with Crippen molar-refractivity contribution in [2.24, 2.45) is 11.8 Å². The minimum Gasteiger partial charge on any atom is -0.512 e. The maximum Gasteiger partial charge on any atom is 0.246 e. The number of hydrogen-bond acceptors (Lipinski definition) is 4. The summed E-state index contributed by atoms with van der Waals surface area (Å²) in [5, 5.41) is 13.6. The molecule has 2 aromatic heterocycles. The van der Waals surface area contributed by atoms with Crippen LogP contribution in [0.5, 0.6) is 0 Å². The molecule has 2 heterocycles. The summed E-state index contributed by atoms with van der Waals surface area (Å²) in [7, 11) is 0. The molecule has 57 heavy (non-hydrogen) atoms. The zero-order chi connectivity index (χ0) is 43.8. The summed E-state index contributed by atoms with van der Waals surface area (Å²) in [5.74, 6) is -4.00. The van der Waals surface area contributed by atoms with Crippen molar-refractivity contribution in [1.82, 2.24) is 9.97 Å². The standard InChI is InChI=1S/2C18H16N.C14H24F2O2.Ir/c2*1-12-4-5-17-15(9-12)6-7-19-18(17)16-10-13(2)8-14(3)11-16;1-5-10(6-2)12(17)8-13(18)11(7-3)9-14(4,15)16;/h2*4-10H,1-3H3;8,10-11,18H,5-7,9H2,1-4H3;/q2*-1;;/b;;13-8-;/i6D,7D;7D;;. The van der Waals surface area contributed by atoms with Crippen LogP contribution < -0.4 is 0 Å². The van der Waals surface area contributed by atoms with E-state index in [0.717, 1.165) is 79.3 Å². The van der Waals surface area contributed by atoms with E-state index in [1.807, 2.05) is 71.9 Å². The zero-order valence-corrected chi connectivity index (χ0v) is 37.1. The van der Waals surface area contributed by atoms with E-state index in [2.05, 4.69) is 72.3 Å². The van der Waals surface area contributed by atoms with Crippen LogP contribution in [-0.2, 0) is 24.9 Å². The Morgan fingerprint density at radius 3 is 1.67 bits per heavy atom. The van der Waals surface area contributed by atoms with Gasteiger partial charge in [0, 0.05) is 56.8 Å². The Kier molecular flexibility index (Phi) is 15.7. The molecule has 0 aliphatic rings. The molecular weight excluding hydrogens is 891 g/mol. The Hall–Kier alpha value is -4.58. The molecular formula is C50H56F2IrN2O2-2. The van der Waals surface area contributed by atoms with Crippen molar-refractivity contribution in [2.75, 3.05) is 0 Å². The van der Waals surface area contributed by atoms with E-state index < -0.39 is 18.3 Å². The summed E-state index contributed by atoms with van der Waals surface area (Å²) >= 11 is 0. The Balaban J connectivity index is 0.000000239. The van der Waals surface area contributed by atoms with Gasteiger partial charge in [-0.2, -0.15) is 0 Å². The molecule has 303 valence electrons. The number of hydrogen-bond donors (Lipinski definition) is 1. The summed E-state index contributed by atoms with van der Waals surface area (Å²) in [5.41, 5.74) is 10.2. The Bertz CT molecular complexity index is 2430. The molecule has 4 nitrogen and oxygen atoms in total. The van der Waals surface area contributed by atoms with Gasteiger partial charge in [0.25, 0.3) is 0 Å². The Labute approximate surface area is 356 Å². The molecule has 0 amide bonds. The van der Waals surface area contributed by atoms with Crippen LogP contribution in [0.1, 0.15) is 90.9 Å². The van der Waals surface area contributed by atoms with Crippen LogP contribution in [0.4, 0.5) is 8.78 Å². The average molecular weight is 950 g/mol. The van der Waals surface area contributed by atoms with E-state index in [9.17, 15) is 18.7 Å². The summed E-state index contributed by atoms with van der Waals surface area (Å²) in [6, 6.07) is 29.1. The number of aromatic nitrogens is 2. The third-order valence-electron chi connectivity index (χ3n) is 9.65. The number of alkyl halides is 2. The van der Waals surface area contributed by atoms with E-state index in [1.54, 1.807) is 6.92 Å². The molecule has 6 aromatic rings. The first-order chi connectivity index (χ1) is 27.7. The second-order valence-corrected chi connectivity index (χ2v) is 14.9. The monoisotopic (exact) mass is 950 g/mol. The van der Waals surface area contributed by atoms with E-state index >= 15 is 0 Å². The number of aliphatic hydroxyl groups is 1. The number of aliphatic hydroxyl groups excluding tert-OH is 1. The maximum absolute atomic E-state index is 12.9. The van der Waals surface area contributed by atoms with Crippen molar-refractivity contribution >= 4 is 27.3 Å². The van der Waals surface area contributed by atoms with Crippen molar-refractivity contribution in [3.8, 4) is 22.5 Å². The molecule has 7 heteroatoms. The Morgan fingerprint density at radius 2 is 1.19 bits per heavy atom. The van der Waals surface area contributed by atoms with Gasteiger partial charge in [-0.25, -0.2) is 8.78 Å². The first kappa shape index (κ1) is 42.0. The van der Waals surface area contributed by atoms with Gasteiger partial charge >= 0.3 is 0 Å². The number of nitrogens with zero attached hydrogens (tertiary/aromatic N) is 2. The number of ketones is 1. The molecule has 0 fully saturated rings. The van der Waals surface area contributed by atoms with Crippen molar-refractivity contribution in [3.63, 3.8) is 0 Å². The fourth-order valence-electron chi connectivity index (χ4n) is 6.84. The molecule has 4 aromatic carbocycles. The van der Waals surface area contributed by atoms with E-state index in [-0.39, 0.29) is 49.8 Å². The predicted molar refractivity (Wildman–Crippen MR) is 229 cm³/mol. The second kappa shape index (κ2) is 21.3. The van der Waals surface area contributed by atoms with Gasteiger partial charge in [0.2, 0.25) is 5.92 Å². The van der Waals surface area contributed by atoms with E-state index in [0.29, 0.717) is 25.4 Å². The minimum absolute atomic E-state index is 0. The van der Waals surface area contributed by atoms with Gasteiger partial charge in [-0.15, -0.1) is 69.8 Å². The number of halogens is 2. The SMILES string of the molecule is CCC(CC)C(=O)/C=C(\O)C(CC)CC(C)(F)F.[2H]c1cc2cc(C)ccc2c(-c2[c-]c(C)cc(C)c2)n1.[2H]c1nc(-c2[c-]c(C)cc(C)c2)c2ccc(C)cc2c1[2H].[Ir]. The molecule has 0 aliphatic carbocycles. The molecule has 0 saturated heterocycles. The van der Waals surface area contributed by atoms with Gasteiger partial charge in [-0.05, 0) is 85.1 Å². The van der Waals surface area contributed by atoms with Crippen LogP contribution in [0.15, 0.2) is 97.0 Å². The summed E-state index contributed by atoms with van der Waals surface area (Å²) in [6.45, 7) is 18.5. The first-order valence-corrected chi connectivity index (χ1v) is 19.3. The number of aryl methyl sites for hydroxylation is 6. The topological polar surface area (TPSA) is 63.1 Å². The molecule has 0 spiro atoms. The van der Waals surface area contributed by atoms with Crippen LogP contribution in [0.2, 0.25) is 0 Å². The summed E-state index contributed by atoms with van der Waals surface area (Å²) in [4.78, 5) is 20.5. The van der Waals surface area contributed by atoms with E-state index in [4.69, 9.17) is 4.11 Å². The molecule has 0 saturated carbocycles. The number of rotatable bonds is 10. The third-order valence-corrected chi connectivity index (χ3v) is 9.65. The summed E-state index contributed by atoms with van der Waals surface area (Å²) in [6.07, 6.45) is 2.79. The Morgan fingerprint density at radius 1 is 0.719 bits per heavy atom. The van der Waals surface area contributed by atoms with Gasteiger partial charge in [0.1, 0.15) is 0 Å². The number of carbonyl (C=O) groups excluding carboxylic acids is 1. The molecule has 1 unspecified atom stereocenters. The van der Waals surface area contributed by atoms with Gasteiger partial charge < -0.3 is 15.1 Å². The second-order valence-electron chi connectivity index (χ2n) is 14.9. The predicted octanol–water partition coefficient (Wildman–Crippen LogP) is 13.8. The molecule has 1 N–H and O–H groups in total. The van der Waals surface area contributed by atoms with Crippen molar-refractivity contribution in [1.29, 1.82) is 0 Å². The smallest absolute Gasteiger partial charge is 0.246 e. The number of benzene rings is 4. The number of pyridine rings is 2. The third kappa shape index (κ3) is 13.5. The van der Waals surface area contributed by atoms with Crippen molar-refractivity contribution < 1.29 is 42.9 Å². The van der Waals surface area contributed by atoms with Gasteiger partial charge in [-0.3, -0.25) is 4.79 Å². The molecule has 1 radical (unpaired) electrons. The number of fused-ring (bicyclic) bond motifs is 2. The molecule has 6 rings (SSSR count). The largest absolute Gasteiger partial charge is 0.512 e. The maximum atomic E-state index is 12.9. The van der Waals surface area contributed by atoms with Gasteiger partial charge in [-0.1, -0.05) is 96.0 Å². The average Bonchev–Trinajstić information content (AvgIpc) is 3.14. The van der Waals surface area contributed by atoms with Crippen molar-refractivity contribution in [2.45, 2.75) is 101 Å². The molecule has 0 aliphatic heterocycles. The van der Waals surface area contributed by atoms with Crippen LogP contribution in [-0.4, -0.2) is 26.8 Å². The van der Waals surface area contributed by atoms with E-state index in [1.165, 1.54) is 11.1 Å². The number of carbonyl (C=O) groups is 1. The van der Waals surface area contributed by atoms with Crippen molar-refractivity contribution in [3.05, 3.63) is 142 Å². The van der Waals surface area contributed by atoms with Crippen LogP contribution in [0.25, 0.3) is 44.1 Å².